The summed E-state index contributed by atoms with van der Waals surface area (Å²) in [5.74, 6) is 0.0504. The predicted octanol–water partition coefficient (Wildman–Crippen LogP) is 6.99. The van der Waals surface area contributed by atoms with E-state index in [1.807, 2.05) is 35.5 Å². The van der Waals surface area contributed by atoms with E-state index in [1.165, 1.54) is 44.2 Å². The Bertz CT molecular complexity index is 1730. The van der Waals surface area contributed by atoms with Crippen molar-refractivity contribution in [1.82, 2.24) is 11.0 Å². The molecule has 3 N–H and O–H groups in total. The van der Waals surface area contributed by atoms with Crippen molar-refractivity contribution in [3.8, 4) is 0 Å². The van der Waals surface area contributed by atoms with Crippen molar-refractivity contribution in [3.05, 3.63) is 131 Å². The van der Waals surface area contributed by atoms with E-state index in [4.69, 9.17) is 0 Å². The van der Waals surface area contributed by atoms with E-state index >= 15 is 0 Å². The molecule has 0 atom stereocenters. The summed E-state index contributed by atoms with van der Waals surface area (Å²) in [5.41, 5.74) is 18.6. The highest BCUT2D eigenvalue weighted by atomic mass is 16.1. The number of hydrogen-bond acceptors (Lipinski definition) is 4. The molecule has 0 spiro atoms. The van der Waals surface area contributed by atoms with Gasteiger partial charge in [0.1, 0.15) is 0 Å². The summed E-state index contributed by atoms with van der Waals surface area (Å²) < 4.78 is 0. The minimum absolute atomic E-state index is 0.0504. The fourth-order valence-electron chi connectivity index (χ4n) is 6.10. The smallest absolute Gasteiger partial charge is 0.224 e. The van der Waals surface area contributed by atoms with E-state index < -0.39 is 0 Å². The summed E-state index contributed by atoms with van der Waals surface area (Å²) >= 11 is 0. The Morgan fingerprint density at radius 1 is 1.00 bits per heavy atom. The molecule has 0 fully saturated rings. The second-order valence-electron chi connectivity index (χ2n) is 10.8. The van der Waals surface area contributed by atoms with E-state index in [9.17, 15) is 4.79 Å². The third-order valence-electron chi connectivity index (χ3n) is 8.10. The lowest BCUT2D eigenvalue weighted by atomic mass is 9.80. The predicted molar refractivity (Wildman–Crippen MR) is 164 cm³/mol. The average molecular weight is 525 g/mol. The fourth-order valence-corrected chi connectivity index (χ4v) is 6.10. The Morgan fingerprint density at radius 3 is 2.75 bits per heavy atom. The average Bonchev–Trinajstić information content (AvgIpc) is 3.47. The van der Waals surface area contributed by atoms with E-state index in [1.54, 1.807) is 0 Å². The molecule has 5 nitrogen and oxygen atoms in total. The number of hydrazine groups is 2. The molecule has 3 aliphatic rings. The van der Waals surface area contributed by atoms with Gasteiger partial charge in [-0.2, -0.15) is 0 Å². The zero-order valence-electron chi connectivity index (χ0n) is 22.6. The summed E-state index contributed by atoms with van der Waals surface area (Å²) in [6.07, 6.45) is 13.1. The molecule has 4 aromatic carbocycles. The summed E-state index contributed by atoms with van der Waals surface area (Å²) in [4.78, 5) is 12.8. The van der Waals surface area contributed by atoms with Crippen LogP contribution in [0.4, 0.5) is 11.4 Å². The fraction of sp³-hybridized carbons (Fsp3) is 0.171. The maximum Gasteiger partial charge on any atom is 0.224 e. The first-order valence-electron chi connectivity index (χ1n) is 14.1. The Kier molecular flexibility index (Phi) is 6.21. The summed E-state index contributed by atoms with van der Waals surface area (Å²) in [5, 5.41) is 7.75. The zero-order chi connectivity index (χ0) is 27.1. The third-order valence-corrected chi connectivity index (χ3v) is 8.10. The normalized spacial score (nSPS) is 15.1. The van der Waals surface area contributed by atoms with Gasteiger partial charge in [0.05, 0.1) is 11.4 Å². The molecule has 7 rings (SSSR count). The van der Waals surface area contributed by atoms with Crippen molar-refractivity contribution in [2.24, 2.45) is 0 Å². The molecule has 0 aromatic heterocycles. The van der Waals surface area contributed by atoms with E-state index in [2.05, 4.69) is 90.0 Å². The number of benzene rings is 4. The number of nitrogens with zero attached hydrogens (tertiary/aromatic N) is 1. The number of carbonyl (C=O) groups is 1. The number of hydrogen-bond donors (Lipinski definition) is 3. The molecule has 0 radical (unpaired) electrons. The molecule has 198 valence electrons. The first-order valence-corrected chi connectivity index (χ1v) is 14.1. The monoisotopic (exact) mass is 524 g/mol. The van der Waals surface area contributed by atoms with Gasteiger partial charge in [-0.05, 0) is 102 Å². The van der Waals surface area contributed by atoms with Gasteiger partial charge in [-0.25, -0.2) is 0 Å². The van der Waals surface area contributed by atoms with E-state index in [0.717, 1.165) is 48.3 Å². The Balaban J connectivity index is 0.971. The van der Waals surface area contributed by atoms with Gasteiger partial charge in [0.25, 0.3) is 0 Å². The highest BCUT2D eigenvalue weighted by Crippen LogP contribution is 2.40. The Labute approximate surface area is 234 Å². The summed E-state index contributed by atoms with van der Waals surface area (Å²) in [6, 6.07) is 25.3. The van der Waals surface area contributed by atoms with Crippen LogP contribution in [0.5, 0.6) is 0 Å². The van der Waals surface area contributed by atoms with Crippen LogP contribution in [-0.4, -0.2) is 5.91 Å². The van der Waals surface area contributed by atoms with Gasteiger partial charge in [0.15, 0.2) is 0 Å². The molecule has 1 heterocycles. The number of nitrogens with one attached hydrogen (secondary N) is 3. The first kappa shape index (κ1) is 24.4. The molecular formula is C35H32N4O. The topological polar surface area (TPSA) is 56.4 Å². The minimum atomic E-state index is 0.0504. The number of amides is 1. The van der Waals surface area contributed by atoms with E-state index in [-0.39, 0.29) is 5.91 Å². The number of allylic oxidation sites excluding steroid dienone is 4. The molecule has 0 saturated heterocycles. The lowest BCUT2D eigenvalue weighted by molar-refractivity contribution is -0.116. The lowest BCUT2D eigenvalue weighted by Gasteiger charge is -2.24. The van der Waals surface area contributed by atoms with E-state index in [0.29, 0.717) is 6.42 Å². The molecule has 40 heavy (non-hydrogen) atoms. The second kappa shape index (κ2) is 10.2. The van der Waals surface area contributed by atoms with Crippen molar-refractivity contribution in [2.45, 2.75) is 39.0 Å². The van der Waals surface area contributed by atoms with Crippen molar-refractivity contribution in [3.63, 3.8) is 0 Å². The van der Waals surface area contributed by atoms with Crippen LogP contribution >= 0.6 is 0 Å². The van der Waals surface area contributed by atoms with Gasteiger partial charge in [-0.15, -0.1) is 5.53 Å². The number of rotatable bonds is 7. The van der Waals surface area contributed by atoms with Crippen LogP contribution in [0.15, 0.2) is 97.2 Å². The molecule has 0 saturated carbocycles. The number of anilines is 2. The van der Waals surface area contributed by atoms with Gasteiger partial charge >= 0.3 is 0 Å². The van der Waals surface area contributed by atoms with Crippen molar-refractivity contribution in [2.75, 3.05) is 10.3 Å². The van der Waals surface area contributed by atoms with Crippen molar-refractivity contribution >= 4 is 39.3 Å². The van der Waals surface area contributed by atoms with Gasteiger partial charge in [0, 0.05) is 23.9 Å². The quantitative estimate of drug-likeness (QED) is 0.244. The molecule has 0 unspecified atom stereocenters. The molecule has 4 aromatic rings. The molecular weight excluding hydrogens is 492 g/mol. The highest BCUT2D eigenvalue weighted by Gasteiger charge is 2.21. The van der Waals surface area contributed by atoms with Crippen molar-refractivity contribution < 1.29 is 4.79 Å². The van der Waals surface area contributed by atoms with Crippen LogP contribution in [0.25, 0.3) is 22.0 Å². The summed E-state index contributed by atoms with van der Waals surface area (Å²) in [7, 11) is 0. The third kappa shape index (κ3) is 4.59. The van der Waals surface area contributed by atoms with Crippen LogP contribution in [0.1, 0.15) is 46.2 Å². The van der Waals surface area contributed by atoms with Crippen LogP contribution in [0.2, 0.25) is 0 Å². The molecule has 0 bridgehead atoms. The maximum absolute atomic E-state index is 12.8. The lowest BCUT2D eigenvalue weighted by Crippen LogP contribution is -2.36. The van der Waals surface area contributed by atoms with Crippen LogP contribution in [0, 0.1) is 6.92 Å². The standard InChI is InChI=1S/C35H32N4O/c1-23-5-2-9-28(21-23)32-22-39(38-37-32)30-18-16-29(17-19-30)36-33(40)10-4-6-24-11-12-27-14-13-25-7-3-8-26-15-20-31(24)35(27)34(25)26/h2-3,5,8-9,11-19,21-22,37-38H,4,6-7,10,20H2,1H3,(H,36,40). The van der Waals surface area contributed by atoms with Gasteiger partial charge in [0.2, 0.25) is 5.91 Å². The highest BCUT2D eigenvalue weighted by molar-refractivity contribution is 6.02. The van der Waals surface area contributed by atoms with Crippen LogP contribution < -0.4 is 21.3 Å². The first-order chi connectivity index (χ1) is 19.6. The number of carbonyl (C=O) groups excluding carboxylic acids is 1. The van der Waals surface area contributed by atoms with Crippen molar-refractivity contribution in [1.29, 1.82) is 0 Å². The second-order valence-corrected chi connectivity index (χ2v) is 10.8. The van der Waals surface area contributed by atoms with Crippen LogP contribution in [-0.2, 0) is 24.1 Å². The Hall–Kier alpha value is -4.61. The van der Waals surface area contributed by atoms with Gasteiger partial charge < -0.3 is 10.7 Å². The van der Waals surface area contributed by atoms with Crippen LogP contribution in [0.3, 0.4) is 0 Å². The maximum atomic E-state index is 12.8. The minimum Gasteiger partial charge on any atom is -0.326 e. The zero-order valence-corrected chi connectivity index (χ0v) is 22.6. The number of aryl methyl sites for hydroxylation is 2. The largest absolute Gasteiger partial charge is 0.326 e. The van der Waals surface area contributed by atoms with Gasteiger partial charge in [-0.1, -0.05) is 66.3 Å². The molecule has 2 aliphatic carbocycles. The Morgan fingerprint density at radius 2 is 1.88 bits per heavy atom. The van der Waals surface area contributed by atoms with Gasteiger partial charge in [-0.3, -0.25) is 9.80 Å². The molecule has 1 amide bonds. The molecule has 1 aliphatic heterocycles. The SMILES string of the molecule is Cc1cccc(C2=CN(c3ccc(NC(=O)CCCc4ccc5ccc6c7c5c4CC=C7C=CC6)cc3)NN2)c1. The summed E-state index contributed by atoms with van der Waals surface area (Å²) in [6.45, 7) is 2.09. The molecule has 5 heteroatoms.